The third-order valence-electron chi connectivity index (χ3n) is 2.51. The van der Waals surface area contributed by atoms with E-state index in [0.29, 0.717) is 11.5 Å². The van der Waals surface area contributed by atoms with Crippen LogP contribution >= 0.6 is 12.2 Å². The molecule has 0 bridgehead atoms. The Bertz CT molecular complexity index is 700. The smallest absolute Gasteiger partial charge is 0.335 e. The summed E-state index contributed by atoms with van der Waals surface area (Å²) in [5.41, 5.74) is 0.0864. The second kappa shape index (κ2) is 4.65. The number of H-pyrrole nitrogens is 1. The minimum atomic E-state index is -1.21. The summed E-state index contributed by atoms with van der Waals surface area (Å²) in [5.74, 6) is -1.92. The predicted octanol–water partition coefficient (Wildman–Crippen LogP) is 1.63. The molecule has 1 heterocycles. The Kier molecular flexibility index (Phi) is 3.17. The van der Waals surface area contributed by atoms with E-state index in [0.717, 1.165) is 6.07 Å². The summed E-state index contributed by atoms with van der Waals surface area (Å²) in [7, 11) is 0. The quantitative estimate of drug-likeness (QED) is 0.737. The van der Waals surface area contributed by atoms with Crippen molar-refractivity contribution in [3.8, 4) is 5.69 Å². The highest BCUT2D eigenvalue weighted by Crippen LogP contribution is 2.16. The van der Waals surface area contributed by atoms with Gasteiger partial charge in [-0.2, -0.15) is 5.10 Å². The van der Waals surface area contributed by atoms with Crippen LogP contribution in [0.1, 0.15) is 26.5 Å². The average molecular weight is 279 g/mol. The number of aromatic amines is 1. The number of benzene rings is 1. The van der Waals surface area contributed by atoms with Crippen molar-refractivity contribution in [1.29, 1.82) is 0 Å². The Balaban J connectivity index is 2.73. The number of hydrogen-bond acceptors (Lipinski definition) is 4. The van der Waals surface area contributed by atoms with Gasteiger partial charge in [-0.15, -0.1) is 0 Å². The number of rotatable bonds is 3. The van der Waals surface area contributed by atoms with Crippen LogP contribution in [0.3, 0.4) is 0 Å². The Morgan fingerprint density at radius 3 is 2.11 bits per heavy atom. The fourth-order valence-corrected chi connectivity index (χ4v) is 1.95. The normalized spacial score (nSPS) is 10.4. The van der Waals surface area contributed by atoms with Crippen LogP contribution in [0.15, 0.2) is 18.2 Å². The van der Waals surface area contributed by atoms with E-state index < -0.39 is 11.9 Å². The highest BCUT2D eigenvalue weighted by atomic mass is 32.1. The van der Waals surface area contributed by atoms with Crippen molar-refractivity contribution in [2.45, 2.75) is 6.92 Å². The van der Waals surface area contributed by atoms with Crippen LogP contribution in [-0.2, 0) is 0 Å². The van der Waals surface area contributed by atoms with E-state index >= 15 is 0 Å². The summed E-state index contributed by atoms with van der Waals surface area (Å²) in [4.78, 5) is 22.0. The number of aromatic carboxylic acids is 2. The van der Waals surface area contributed by atoms with Crippen LogP contribution < -0.4 is 0 Å². The van der Waals surface area contributed by atoms with Crippen molar-refractivity contribution in [2.75, 3.05) is 0 Å². The number of nitrogens with one attached hydrogen (secondary N) is 1. The van der Waals surface area contributed by atoms with Crippen molar-refractivity contribution in [1.82, 2.24) is 14.8 Å². The zero-order valence-electron chi connectivity index (χ0n) is 9.75. The van der Waals surface area contributed by atoms with E-state index in [1.165, 1.54) is 16.7 Å². The van der Waals surface area contributed by atoms with Gasteiger partial charge in [-0.3, -0.25) is 9.67 Å². The molecule has 3 N–H and O–H groups in total. The zero-order chi connectivity index (χ0) is 14.2. The minimum Gasteiger partial charge on any atom is -0.478 e. The number of aromatic nitrogens is 3. The molecule has 2 aromatic rings. The molecule has 0 spiro atoms. The van der Waals surface area contributed by atoms with E-state index in [9.17, 15) is 9.59 Å². The second-order valence-electron chi connectivity index (χ2n) is 3.79. The van der Waals surface area contributed by atoms with E-state index in [4.69, 9.17) is 22.4 Å². The molecule has 0 radical (unpaired) electrons. The van der Waals surface area contributed by atoms with E-state index in [2.05, 4.69) is 10.2 Å². The number of nitrogens with zero attached hydrogens (tertiary/aromatic N) is 2. The fraction of sp³-hybridized carbons (Fsp3) is 0.0909. The lowest BCUT2D eigenvalue weighted by molar-refractivity contribution is 0.0696. The molecule has 0 aliphatic carbocycles. The van der Waals surface area contributed by atoms with Gasteiger partial charge in [0.1, 0.15) is 5.82 Å². The van der Waals surface area contributed by atoms with Crippen LogP contribution in [-0.4, -0.2) is 36.9 Å². The maximum Gasteiger partial charge on any atom is 0.335 e. The summed E-state index contributed by atoms with van der Waals surface area (Å²) in [6.45, 7) is 1.67. The van der Waals surface area contributed by atoms with Crippen molar-refractivity contribution in [2.24, 2.45) is 0 Å². The topological polar surface area (TPSA) is 108 Å². The predicted molar refractivity (Wildman–Crippen MR) is 67.4 cm³/mol. The standard InChI is InChI=1S/C11H9N3O4S/c1-5-12-13-11(19)14(5)8-3-6(9(15)16)2-7(4-8)10(17)18/h2-4H,1H3,(H,13,19)(H,15,16)(H,17,18). The SMILES string of the molecule is Cc1n[nH]c(=S)n1-c1cc(C(=O)O)cc(C(=O)O)c1. The van der Waals surface area contributed by atoms with Gasteiger partial charge >= 0.3 is 11.9 Å². The van der Waals surface area contributed by atoms with Crippen molar-refractivity contribution >= 4 is 24.2 Å². The number of carbonyl (C=O) groups is 2. The first-order valence-corrected chi connectivity index (χ1v) is 5.57. The maximum atomic E-state index is 11.0. The summed E-state index contributed by atoms with van der Waals surface area (Å²) < 4.78 is 1.73. The van der Waals surface area contributed by atoms with Crippen LogP contribution in [0.25, 0.3) is 5.69 Å². The maximum absolute atomic E-state index is 11.0. The highest BCUT2D eigenvalue weighted by Gasteiger charge is 2.14. The molecule has 1 aromatic heterocycles. The molecule has 0 fully saturated rings. The van der Waals surface area contributed by atoms with Gasteiger partial charge in [0, 0.05) is 0 Å². The Morgan fingerprint density at radius 2 is 1.74 bits per heavy atom. The third kappa shape index (κ3) is 2.38. The molecule has 8 heteroatoms. The Morgan fingerprint density at radius 1 is 1.21 bits per heavy atom. The minimum absolute atomic E-state index is 0.127. The average Bonchev–Trinajstić information content (AvgIpc) is 2.68. The molecule has 0 saturated carbocycles. The first-order chi connectivity index (χ1) is 8.90. The van der Waals surface area contributed by atoms with Gasteiger partial charge < -0.3 is 10.2 Å². The van der Waals surface area contributed by atoms with Crippen molar-refractivity contribution in [3.05, 3.63) is 39.9 Å². The van der Waals surface area contributed by atoms with E-state index in [1.807, 2.05) is 0 Å². The summed E-state index contributed by atoms with van der Waals surface area (Å²) in [5, 5.41) is 24.4. The van der Waals surface area contributed by atoms with Crippen molar-refractivity contribution < 1.29 is 19.8 Å². The molecule has 0 aliphatic heterocycles. The number of aryl methyl sites for hydroxylation is 1. The van der Waals surface area contributed by atoms with Gasteiger partial charge in [0.05, 0.1) is 16.8 Å². The molecule has 0 saturated heterocycles. The van der Waals surface area contributed by atoms with Gasteiger partial charge in [0.2, 0.25) is 0 Å². The zero-order valence-corrected chi connectivity index (χ0v) is 10.6. The van der Waals surface area contributed by atoms with Crippen molar-refractivity contribution in [3.63, 3.8) is 0 Å². The van der Waals surface area contributed by atoms with Crippen LogP contribution in [0, 0.1) is 11.7 Å². The molecule has 0 amide bonds. The van der Waals surface area contributed by atoms with Gasteiger partial charge in [-0.05, 0) is 37.3 Å². The molecular formula is C11H9N3O4S. The lowest BCUT2D eigenvalue weighted by Gasteiger charge is -2.07. The highest BCUT2D eigenvalue weighted by molar-refractivity contribution is 7.71. The summed E-state index contributed by atoms with van der Waals surface area (Å²) in [6.07, 6.45) is 0. The summed E-state index contributed by atoms with van der Waals surface area (Å²) in [6, 6.07) is 3.77. The lowest BCUT2D eigenvalue weighted by atomic mass is 10.1. The summed E-state index contributed by atoms with van der Waals surface area (Å²) >= 11 is 5.02. The monoisotopic (exact) mass is 279 g/mol. The van der Waals surface area contributed by atoms with Gasteiger partial charge in [0.15, 0.2) is 4.77 Å². The second-order valence-corrected chi connectivity index (χ2v) is 4.18. The first-order valence-electron chi connectivity index (χ1n) is 5.16. The molecule has 2 rings (SSSR count). The molecule has 1 aromatic carbocycles. The van der Waals surface area contributed by atoms with Gasteiger partial charge in [-0.1, -0.05) is 0 Å². The van der Waals surface area contributed by atoms with Gasteiger partial charge in [-0.25, -0.2) is 9.59 Å². The molecule has 98 valence electrons. The number of hydrogen-bond donors (Lipinski definition) is 3. The molecule has 19 heavy (non-hydrogen) atoms. The van der Waals surface area contributed by atoms with Crippen LogP contribution in [0.2, 0.25) is 0 Å². The molecule has 7 nitrogen and oxygen atoms in total. The third-order valence-corrected chi connectivity index (χ3v) is 2.78. The Labute approximate surface area is 112 Å². The van der Waals surface area contributed by atoms with E-state index in [1.54, 1.807) is 6.92 Å². The largest absolute Gasteiger partial charge is 0.478 e. The molecule has 0 atom stereocenters. The molecule has 0 aliphatic rings. The van der Waals surface area contributed by atoms with Gasteiger partial charge in [0.25, 0.3) is 0 Å². The fourth-order valence-electron chi connectivity index (χ4n) is 1.67. The Hall–Kier alpha value is -2.48. The molecular weight excluding hydrogens is 270 g/mol. The first kappa shape index (κ1) is 13.0. The number of carboxylic acid groups (broad SMARTS) is 2. The van der Waals surface area contributed by atoms with E-state index in [-0.39, 0.29) is 15.9 Å². The molecule has 0 unspecified atom stereocenters. The van der Waals surface area contributed by atoms with Crippen LogP contribution in [0.5, 0.6) is 0 Å². The lowest BCUT2D eigenvalue weighted by Crippen LogP contribution is -2.06. The number of carboxylic acids is 2. The van der Waals surface area contributed by atoms with Crippen LogP contribution in [0.4, 0.5) is 0 Å².